The molecular formula is C19H23N5O. The number of anilines is 2. The van der Waals surface area contributed by atoms with Gasteiger partial charge < -0.3 is 15.1 Å². The molecule has 6 heteroatoms. The van der Waals surface area contributed by atoms with Gasteiger partial charge in [0.2, 0.25) is 5.91 Å². The van der Waals surface area contributed by atoms with Gasteiger partial charge in [0, 0.05) is 37.6 Å². The van der Waals surface area contributed by atoms with Gasteiger partial charge in [-0.1, -0.05) is 18.2 Å². The van der Waals surface area contributed by atoms with E-state index < -0.39 is 0 Å². The van der Waals surface area contributed by atoms with Crippen LogP contribution in [0, 0.1) is 0 Å². The molecule has 2 aliphatic heterocycles. The molecule has 0 radical (unpaired) electrons. The van der Waals surface area contributed by atoms with Gasteiger partial charge in [0.1, 0.15) is 0 Å². The zero-order valence-electron chi connectivity index (χ0n) is 14.3. The largest absolute Gasteiger partial charge is 0.351 e. The number of nitrogens with one attached hydrogen (secondary N) is 1. The highest BCUT2D eigenvalue weighted by molar-refractivity contribution is 5.96. The van der Waals surface area contributed by atoms with Crippen LogP contribution in [0.2, 0.25) is 0 Å². The minimum atomic E-state index is 0.147. The molecule has 1 N–H and O–H groups in total. The minimum absolute atomic E-state index is 0.147. The van der Waals surface area contributed by atoms with E-state index >= 15 is 0 Å². The first-order chi connectivity index (χ1) is 12.3. The van der Waals surface area contributed by atoms with Crippen LogP contribution in [0.15, 0.2) is 42.6 Å². The fourth-order valence-electron chi connectivity index (χ4n) is 3.83. The van der Waals surface area contributed by atoms with Crippen LogP contribution in [-0.4, -0.2) is 48.3 Å². The van der Waals surface area contributed by atoms with Crippen molar-refractivity contribution in [1.29, 1.82) is 0 Å². The summed E-state index contributed by atoms with van der Waals surface area (Å²) in [6.45, 7) is 2.95. The summed E-state index contributed by atoms with van der Waals surface area (Å²) in [5.74, 6) is 1.07. The van der Waals surface area contributed by atoms with Crippen LogP contribution < -0.4 is 15.1 Å². The van der Waals surface area contributed by atoms with E-state index in [1.54, 1.807) is 6.20 Å². The number of carbonyl (C=O) groups is 1. The number of benzene rings is 1. The molecule has 0 saturated carbocycles. The summed E-state index contributed by atoms with van der Waals surface area (Å²) in [4.78, 5) is 16.7. The zero-order valence-corrected chi connectivity index (χ0v) is 14.3. The van der Waals surface area contributed by atoms with Crippen LogP contribution in [0.5, 0.6) is 0 Å². The zero-order chi connectivity index (χ0) is 17.1. The van der Waals surface area contributed by atoms with E-state index in [9.17, 15) is 4.79 Å². The molecule has 0 bridgehead atoms. The van der Waals surface area contributed by atoms with Crippen LogP contribution in [0.4, 0.5) is 11.5 Å². The molecule has 0 aliphatic carbocycles. The number of aromatic nitrogens is 2. The fourth-order valence-corrected chi connectivity index (χ4v) is 3.83. The molecule has 130 valence electrons. The highest BCUT2D eigenvalue weighted by Crippen LogP contribution is 2.27. The summed E-state index contributed by atoms with van der Waals surface area (Å²) in [6.07, 6.45) is 4.91. The number of nitrogens with zero attached hydrogens (tertiary/aromatic N) is 4. The van der Waals surface area contributed by atoms with Crippen LogP contribution in [0.1, 0.15) is 18.4 Å². The van der Waals surface area contributed by atoms with Gasteiger partial charge in [-0.15, -0.1) is 5.10 Å². The lowest BCUT2D eigenvalue weighted by Gasteiger charge is -2.26. The molecule has 0 spiro atoms. The second-order valence-corrected chi connectivity index (χ2v) is 6.63. The van der Waals surface area contributed by atoms with Crippen molar-refractivity contribution in [1.82, 2.24) is 15.5 Å². The lowest BCUT2D eigenvalue weighted by atomic mass is 10.2. The van der Waals surface area contributed by atoms with Gasteiger partial charge in [-0.05, 0) is 43.0 Å². The minimum Gasteiger partial charge on any atom is -0.351 e. The Kier molecular flexibility index (Phi) is 4.61. The SMILES string of the molecule is O=C(CNCC1CCCN1c1cccnn1)N1CCc2ccccc21. The molecule has 1 aromatic heterocycles. The molecule has 1 amide bonds. The van der Waals surface area contributed by atoms with E-state index in [2.05, 4.69) is 26.5 Å². The third-order valence-corrected chi connectivity index (χ3v) is 5.07. The second-order valence-electron chi connectivity index (χ2n) is 6.63. The number of amides is 1. The highest BCUT2D eigenvalue weighted by Gasteiger charge is 2.27. The topological polar surface area (TPSA) is 61.4 Å². The van der Waals surface area contributed by atoms with Crippen LogP contribution in [0.3, 0.4) is 0 Å². The molecule has 1 saturated heterocycles. The number of para-hydroxylation sites is 1. The maximum atomic E-state index is 12.6. The third-order valence-electron chi connectivity index (χ3n) is 5.07. The van der Waals surface area contributed by atoms with E-state index in [4.69, 9.17) is 0 Å². The molecule has 1 fully saturated rings. The Balaban J connectivity index is 1.31. The van der Waals surface area contributed by atoms with Crippen LogP contribution >= 0.6 is 0 Å². The van der Waals surface area contributed by atoms with E-state index in [0.717, 1.165) is 50.4 Å². The average Bonchev–Trinajstić information content (AvgIpc) is 3.29. The van der Waals surface area contributed by atoms with E-state index in [0.29, 0.717) is 12.6 Å². The second kappa shape index (κ2) is 7.19. The predicted molar refractivity (Wildman–Crippen MR) is 97.8 cm³/mol. The standard InChI is InChI=1S/C19H23N5O/c25-19(24-12-9-15-5-1-2-7-17(15)24)14-20-13-16-6-4-11-23(16)18-8-3-10-21-22-18/h1-3,5,7-8,10,16,20H,4,6,9,11-14H2. The van der Waals surface area contributed by atoms with Gasteiger partial charge in [0.05, 0.1) is 6.54 Å². The number of fused-ring (bicyclic) bond motifs is 1. The van der Waals surface area contributed by atoms with Crippen LogP contribution in [0.25, 0.3) is 0 Å². The maximum absolute atomic E-state index is 12.6. The van der Waals surface area contributed by atoms with Crippen molar-refractivity contribution in [3.05, 3.63) is 48.2 Å². The number of rotatable bonds is 5. The first-order valence-corrected chi connectivity index (χ1v) is 8.96. The first kappa shape index (κ1) is 16.0. The van der Waals surface area contributed by atoms with Gasteiger partial charge >= 0.3 is 0 Å². The Morgan fingerprint density at radius 1 is 1.20 bits per heavy atom. The summed E-state index contributed by atoms with van der Waals surface area (Å²) < 4.78 is 0. The Morgan fingerprint density at radius 3 is 3.00 bits per heavy atom. The first-order valence-electron chi connectivity index (χ1n) is 8.96. The fraction of sp³-hybridized carbons (Fsp3) is 0.421. The van der Waals surface area contributed by atoms with Gasteiger partial charge in [-0.3, -0.25) is 4.79 Å². The van der Waals surface area contributed by atoms with Crippen molar-refractivity contribution in [2.45, 2.75) is 25.3 Å². The lowest BCUT2D eigenvalue weighted by Crippen LogP contribution is -2.43. The van der Waals surface area contributed by atoms with Gasteiger partial charge in [0.25, 0.3) is 0 Å². The number of carbonyl (C=O) groups excluding carboxylic acids is 1. The molecule has 6 nitrogen and oxygen atoms in total. The molecule has 1 aromatic carbocycles. The lowest BCUT2D eigenvalue weighted by molar-refractivity contribution is -0.117. The average molecular weight is 337 g/mol. The Labute approximate surface area is 147 Å². The molecule has 3 heterocycles. The smallest absolute Gasteiger partial charge is 0.240 e. The van der Waals surface area contributed by atoms with E-state index in [1.165, 1.54) is 5.56 Å². The predicted octanol–water partition coefficient (Wildman–Crippen LogP) is 1.62. The summed E-state index contributed by atoms with van der Waals surface area (Å²) in [6, 6.07) is 12.5. The summed E-state index contributed by atoms with van der Waals surface area (Å²) in [5, 5.41) is 11.5. The Morgan fingerprint density at radius 2 is 2.12 bits per heavy atom. The van der Waals surface area contributed by atoms with Crippen molar-refractivity contribution in [2.75, 3.05) is 36.0 Å². The molecule has 2 aromatic rings. The maximum Gasteiger partial charge on any atom is 0.240 e. The molecule has 25 heavy (non-hydrogen) atoms. The molecular weight excluding hydrogens is 314 g/mol. The summed E-state index contributed by atoms with van der Waals surface area (Å²) in [5.41, 5.74) is 2.33. The molecule has 2 aliphatic rings. The molecule has 4 rings (SSSR count). The van der Waals surface area contributed by atoms with Gasteiger partial charge in [0.15, 0.2) is 5.82 Å². The quantitative estimate of drug-likeness (QED) is 0.898. The van der Waals surface area contributed by atoms with E-state index in [-0.39, 0.29) is 5.91 Å². The highest BCUT2D eigenvalue weighted by atomic mass is 16.2. The Bertz CT molecular complexity index is 736. The summed E-state index contributed by atoms with van der Waals surface area (Å²) >= 11 is 0. The van der Waals surface area contributed by atoms with E-state index in [1.807, 2.05) is 35.2 Å². The summed E-state index contributed by atoms with van der Waals surface area (Å²) in [7, 11) is 0. The van der Waals surface area contributed by atoms with Gasteiger partial charge in [-0.2, -0.15) is 5.10 Å². The van der Waals surface area contributed by atoms with Gasteiger partial charge in [-0.25, -0.2) is 0 Å². The van der Waals surface area contributed by atoms with Crippen molar-refractivity contribution in [2.24, 2.45) is 0 Å². The molecule has 1 unspecified atom stereocenters. The van der Waals surface area contributed by atoms with Crippen molar-refractivity contribution < 1.29 is 4.79 Å². The Hall–Kier alpha value is -2.47. The van der Waals surface area contributed by atoms with Crippen molar-refractivity contribution in [3.63, 3.8) is 0 Å². The van der Waals surface area contributed by atoms with Crippen molar-refractivity contribution >= 4 is 17.4 Å². The monoisotopic (exact) mass is 337 g/mol. The normalized spacial score (nSPS) is 19.3. The van der Waals surface area contributed by atoms with Crippen molar-refractivity contribution in [3.8, 4) is 0 Å². The van der Waals surface area contributed by atoms with Crippen LogP contribution in [-0.2, 0) is 11.2 Å². The number of hydrogen-bond acceptors (Lipinski definition) is 5. The molecule has 1 atom stereocenters. The number of hydrogen-bond donors (Lipinski definition) is 1. The third kappa shape index (κ3) is 3.35.